The van der Waals surface area contributed by atoms with Crippen LogP contribution < -0.4 is 5.32 Å². The molecule has 0 aromatic heterocycles. The lowest BCUT2D eigenvalue weighted by Gasteiger charge is -2.14. The summed E-state index contributed by atoms with van der Waals surface area (Å²) in [4.78, 5) is 12.0. The van der Waals surface area contributed by atoms with Crippen molar-refractivity contribution in [2.45, 2.75) is 6.18 Å². The molecule has 0 radical (unpaired) electrons. The first kappa shape index (κ1) is 16.5. The lowest BCUT2D eigenvalue weighted by atomic mass is 10.1. The van der Waals surface area contributed by atoms with E-state index in [-0.39, 0.29) is 15.6 Å². The second-order valence-electron chi connectivity index (χ2n) is 4.30. The minimum Gasteiger partial charge on any atom is -0.507 e. The molecule has 2 rings (SSSR count). The Bertz CT molecular complexity index is 733. The molecule has 0 saturated carbocycles. The smallest absolute Gasteiger partial charge is 0.418 e. The highest BCUT2D eigenvalue weighted by Gasteiger charge is 2.34. The predicted octanol–water partition coefficient (Wildman–Crippen LogP) is 4.97. The predicted molar refractivity (Wildman–Crippen MR) is 77.5 cm³/mol. The Labute approximate surface area is 133 Å². The number of nitrogens with one attached hydrogen (secondary N) is 1. The van der Waals surface area contributed by atoms with E-state index in [1.165, 1.54) is 18.2 Å². The molecule has 0 aliphatic rings. The van der Waals surface area contributed by atoms with Gasteiger partial charge in [0.1, 0.15) is 5.75 Å². The number of aromatic hydroxyl groups is 1. The minimum atomic E-state index is -4.69. The summed E-state index contributed by atoms with van der Waals surface area (Å²) in [6.07, 6.45) is -4.69. The van der Waals surface area contributed by atoms with Crippen LogP contribution in [0.25, 0.3) is 0 Å². The highest BCUT2D eigenvalue weighted by Crippen LogP contribution is 2.37. The average Bonchev–Trinajstić information content (AvgIpc) is 2.42. The topological polar surface area (TPSA) is 49.3 Å². The average molecular weight is 350 g/mol. The summed E-state index contributed by atoms with van der Waals surface area (Å²) in [5.41, 5.74) is -1.80. The maximum atomic E-state index is 12.9. The third-order valence-corrected chi connectivity index (χ3v) is 3.21. The van der Waals surface area contributed by atoms with E-state index in [4.69, 9.17) is 23.2 Å². The zero-order valence-corrected chi connectivity index (χ0v) is 12.2. The van der Waals surface area contributed by atoms with Crippen molar-refractivity contribution in [3.8, 4) is 5.75 Å². The van der Waals surface area contributed by atoms with Crippen LogP contribution in [-0.4, -0.2) is 11.0 Å². The Hall–Kier alpha value is -1.92. The summed E-state index contributed by atoms with van der Waals surface area (Å²) in [6.45, 7) is 0. The van der Waals surface area contributed by atoms with Crippen molar-refractivity contribution in [1.82, 2.24) is 0 Å². The Kier molecular flexibility index (Phi) is 4.53. The number of halogens is 5. The number of benzene rings is 2. The van der Waals surface area contributed by atoms with Gasteiger partial charge in [-0.15, -0.1) is 0 Å². The van der Waals surface area contributed by atoms with E-state index in [1.807, 2.05) is 0 Å². The first-order chi connectivity index (χ1) is 10.2. The van der Waals surface area contributed by atoms with Crippen LogP contribution in [0.15, 0.2) is 36.4 Å². The number of carbonyl (C=O) groups excluding carboxylic acids is 1. The fraction of sp³-hybridized carbons (Fsp3) is 0.0714. The standard InChI is InChI=1S/C14H8Cl2F3NO2/c15-7-2-4-12(21)9(5-7)13(22)20-11-3-1-8(16)6-10(11)14(17,18)19/h1-6,21H,(H,20,22). The minimum absolute atomic E-state index is 0.115. The quantitative estimate of drug-likeness (QED) is 0.803. The number of rotatable bonds is 2. The molecule has 3 nitrogen and oxygen atoms in total. The Morgan fingerprint density at radius 3 is 2.27 bits per heavy atom. The van der Waals surface area contributed by atoms with E-state index in [0.717, 1.165) is 12.1 Å². The van der Waals surface area contributed by atoms with Gasteiger partial charge in [-0.3, -0.25) is 4.79 Å². The van der Waals surface area contributed by atoms with Gasteiger partial charge in [0.15, 0.2) is 0 Å². The van der Waals surface area contributed by atoms with Crippen molar-refractivity contribution < 1.29 is 23.1 Å². The van der Waals surface area contributed by atoms with Gasteiger partial charge in [-0.1, -0.05) is 23.2 Å². The van der Waals surface area contributed by atoms with Gasteiger partial charge >= 0.3 is 6.18 Å². The van der Waals surface area contributed by atoms with Crippen molar-refractivity contribution in [2.75, 3.05) is 5.32 Å². The number of alkyl halides is 3. The van der Waals surface area contributed by atoms with Gasteiger partial charge in [-0.2, -0.15) is 13.2 Å². The van der Waals surface area contributed by atoms with Crippen molar-refractivity contribution in [2.24, 2.45) is 0 Å². The monoisotopic (exact) mass is 349 g/mol. The molecule has 0 aliphatic carbocycles. The summed E-state index contributed by atoms with van der Waals surface area (Å²) >= 11 is 11.3. The van der Waals surface area contributed by atoms with Crippen LogP contribution in [0.5, 0.6) is 5.75 Å². The van der Waals surface area contributed by atoms with Crippen LogP contribution in [0.2, 0.25) is 10.0 Å². The number of phenolic OH excluding ortho intramolecular Hbond substituents is 1. The lowest BCUT2D eigenvalue weighted by Crippen LogP contribution is -2.16. The SMILES string of the molecule is O=C(Nc1ccc(Cl)cc1C(F)(F)F)c1cc(Cl)ccc1O. The van der Waals surface area contributed by atoms with Crippen molar-refractivity contribution >= 4 is 34.8 Å². The number of amides is 1. The first-order valence-corrected chi connectivity index (χ1v) is 6.60. The summed E-state index contributed by atoms with van der Waals surface area (Å²) in [5, 5.41) is 11.7. The van der Waals surface area contributed by atoms with Crippen molar-refractivity contribution in [3.05, 3.63) is 57.6 Å². The van der Waals surface area contributed by atoms with Crippen molar-refractivity contribution in [1.29, 1.82) is 0 Å². The van der Waals surface area contributed by atoms with E-state index < -0.39 is 29.1 Å². The maximum absolute atomic E-state index is 12.9. The van der Waals surface area contributed by atoms with Crippen LogP contribution in [0.1, 0.15) is 15.9 Å². The molecule has 0 unspecified atom stereocenters. The molecular weight excluding hydrogens is 342 g/mol. The zero-order chi connectivity index (χ0) is 16.5. The van der Waals surface area contributed by atoms with E-state index in [0.29, 0.717) is 6.07 Å². The number of carbonyl (C=O) groups is 1. The van der Waals surface area contributed by atoms with E-state index in [1.54, 1.807) is 0 Å². The van der Waals surface area contributed by atoms with Gasteiger partial charge in [-0.05, 0) is 36.4 Å². The van der Waals surface area contributed by atoms with Gasteiger partial charge in [0.2, 0.25) is 0 Å². The fourth-order valence-corrected chi connectivity index (χ4v) is 2.08. The highest BCUT2D eigenvalue weighted by atomic mass is 35.5. The third-order valence-electron chi connectivity index (χ3n) is 2.74. The van der Waals surface area contributed by atoms with Gasteiger partial charge < -0.3 is 10.4 Å². The molecule has 2 aromatic carbocycles. The molecule has 2 N–H and O–H groups in total. The largest absolute Gasteiger partial charge is 0.507 e. The lowest BCUT2D eigenvalue weighted by molar-refractivity contribution is -0.136. The maximum Gasteiger partial charge on any atom is 0.418 e. The molecule has 0 aliphatic heterocycles. The van der Waals surface area contributed by atoms with Crippen LogP contribution in [0.3, 0.4) is 0 Å². The van der Waals surface area contributed by atoms with Crippen molar-refractivity contribution in [3.63, 3.8) is 0 Å². The number of hydrogen-bond donors (Lipinski definition) is 2. The normalized spacial score (nSPS) is 11.3. The molecule has 2 aromatic rings. The van der Waals surface area contributed by atoms with Crippen LogP contribution in [-0.2, 0) is 6.18 Å². The Balaban J connectivity index is 2.39. The third kappa shape index (κ3) is 3.64. The van der Waals surface area contributed by atoms with E-state index in [2.05, 4.69) is 5.32 Å². The molecule has 0 heterocycles. The van der Waals surface area contributed by atoms with Gasteiger partial charge in [0, 0.05) is 10.0 Å². The number of anilines is 1. The van der Waals surface area contributed by atoms with Gasteiger partial charge in [-0.25, -0.2) is 0 Å². The molecule has 0 fully saturated rings. The van der Waals surface area contributed by atoms with Crippen LogP contribution in [0, 0.1) is 0 Å². The molecule has 8 heteroatoms. The number of phenols is 1. The molecule has 22 heavy (non-hydrogen) atoms. The molecule has 0 spiro atoms. The molecule has 0 bridgehead atoms. The molecule has 116 valence electrons. The van der Waals surface area contributed by atoms with E-state index >= 15 is 0 Å². The Morgan fingerprint density at radius 1 is 1.05 bits per heavy atom. The first-order valence-electron chi connectivity index (χ1n) is 5.85. The molecular formula is C14H8Cl2F3NO2. The second kappa shape index (κ2) is 6.06. The Morgan fingerprint density at radius 2 is 1.64 bits per heavy atom. The fourth-order valence-electron chi connectivity index (χ4n) is 1.74. The van der Waals surface area contributed by atoms with Crippen LogP contribution in [0.4, 0.5) is 18.9 Å². The zero-order valence-electron chi connectivity index (χ0n) is 10.7. The second-order valence-corrected chi connectivity index (χ2v) is 5.18. The van der Waals surface area contributed by atoms with Crippen LogP contribution >= 0.6 is 23.2 Å². The van der Waals surface area contributed by atoms with E-state index in [9.17, 15) is 23.1 Å². The highest BCUT2D eigenvalue weighted by molar-refractivity contribution is 6.31. The van der Waals surface area contributed by atoms with Gasteiger partial charge in [0.25, 0.3) is 5.91 Å². The summed E-state index contributed by atoms with van der Waals surface area (Å²) < 4.78 is 38.8. The molecule has 0 saturated heterocycles. The summed E-state index contributed by atoms with van der Waals surface area (Å²) in [5.74, 6) is -1.32. The summed E-state index contributed by atoms with van der Waals surface area (Å²) in [7, 11) is 0. The molecule has 1 amide bonds. The number of hydrogen-bond acceptors (Lipinski definition) is 2. The van der Waals surface area contributed by atoms with Gasteiger partial charge in [0.05, 0.1) is 16.8 Å². The molecule has 0 atom stereocenters. The summed E-state index contributed by atoms with van der Waals surface area (Å²) in [6, 6.07) is 6.61.